The van der Waals surface area contributed by atoms with E-state index in [4.69, 9.17) is 52.7 Å². The molecule has 0 unspecified atom stereocenters. The van der Waals surface area contributed by atoms with Crippen LogP contribution in [0.2, 0.25) is 0 Å². The van der Waals surface area contributed by atoms with E-state index < -0.39 is 60.1 Å². The summed E-state index contributed by atoms with van der Waals surface area (Å²) in [6.45, 7) is 1.55. The highest BCUT2D eigenvalue weighted by molar-refractivity contribution is 6.03. The van der Waals surface area contributed by atoms with Gasteiger partial charge in [0.05, 0.1) is 68.8 Å². The normalized spacial score (nSPS) is 12.4. The van der Waals surface area contributed by atoms with Crippen LogP contribution >= 0.6 is 0 Å². The summed E-state index contributed by atoms with van der Waals surface area (Å²) in [5, 5.41) is 20.6. The molecule has 23 nitrogen and oxygen atoms in total. The Morgan fingerprint density at radius 3 is 1.10 bits per heavy atom. The number of methoxy groups -OCH3 is 4. The lowest BCUT2D eigenvalue weighted by Crippen LogP contribution is -2.42. The van der Waals surface area contributed by atoms with E-state index in [9.17, 15) is 43.2 Å². The van der Waals surface area contributed by atoms with Gasteiger partial charge in [-0.3, -0.25) is 43.2 Å². The summed E-state index contributed by atoms with van der Waals surface area (Å²) in [6, 6.07) is 16.0. The third-order valence-corrected chi connectivity index (χ3v) is 14.6. The Balaban J connectivity index is 1.53. The van der Waals surface area contributed by atoms with Crippen LogP contribution in [0.25, 0.3) is 0 Å². The molecule has 86 heavy (non-hydrogen) atoms. The number of nitrogens with two attached hydrogens (primary N) is 5. The monoisotopic (exact) mass is 1190 g/mol. The van der Waals surface area contributed by atoms with Crippen molar-refractivity contribution in [1.82, 2.24) is 21.3 Å². The summed E-state index contributed by atoms with van der Waals surface area (Å²) in [4.78, 5) is 120. The second-order valence-electron chi connectivity index (χ2n) is 21.0. The fourth-order valence-corrected chi connectivity index (χ4v) is 9.91. The highest BCUT2D eigenvalue weighted by Gasteiger charge is 2.28. The number of hydrogen-bond donors (Lipinski definition) is 10. The zero-order chi connectivity index (χ0) is 63.1. The number of benzene rings is 4. The number of ketones is 3. The van der Waals surface area contributed by atoms with Crippen LogP contribution in [0.15, 0.2) is 72.8 Å². The molecule has 0 heterocycles. The van der Waals surface area contributed by atoms with Crippen LogP contribution in [0.3, 0.4) is 0 Å². The maximum absolute atomic E-state index is 14.4. The molecule has 0 bridgehead atoms. The van der Waals surface area contributed by atoms with Crippen molar-refractivity contribution in [3.05, 3.63) is 117 Å². The lowest BCUT2D eigenvalue weighted by atomic mass is 9.96. The maximum atomic E-state index is 14.4. The molecule has 0 radical (unpaired) electrons. The van der Waals surface area contributed by atoms with Crippen molar-refractivity contribution < 1.29 is 67.2 Å². The molecule has 0 saturated carbocycles. The highest BCUT2D eigenvalue weighted by atomic mass is 16.5. The van der Waals surface area contributed by atoms with Gasteiger partial charge < -0.3 is 74.0 Å². The summed E-state index contributed by atoms with van der Waals surface area (Å²) >= 11 is 0. The first-order chi connectivity index (χ1) is 41.3. The van der Waals surface area contributed by atoms with E-state index in [1.54, 1.807) is 54.6 Å². The number of rotatable bonds is 42. The van der Waals surface area contributed by atoms with Crippen molar-refractivity contribution in [3.63, 3.8) is 0 Å². The molecule has 4 aromatic carbocycles. The van der Waals surface area contributed by atoms with Gasteiger partial charge in [0.1, 0.15) is 29.4 Å². The Bertz CT molecular complexity index is 2950. The summed E-state index contributed by atoms with van der Waals surface area (Å²) in [5.41, 5.74) is 31.4. The SMILES string of the molecule is COc1ccc(CC(=O)[C@H](CCCCN)NC(=O)c2cc(CC(=O)[C@H](CCCCN)NC(=O)c3cc(CC[C@H](CCCCN)NC(=O)c4cc(CC(=O)[C@H](CCCCN)NC(=O)CC(=O)O)ccc4OC)ccc3OC)ccc2OC)cc1C(N)=O. The minimum absolute atomic E-state index is 0.0734. The van der Waals surface area contributed by atoms with E-state index in [1.165, 1.54) is 40.6 Å². The molecule has 4 atom stereocenters. The van der Waals surface area contributed by atoms with E-state index in [-0.39, 0.29) is 107 Å². The third-order valence-electron chi connectivity index (χ3n) is 14.6. The molecule has 5 amide bonds. The van der Waals surface area contributed by atoms with E-state index in [1.807, 2.05) is 6.07 Å². The van der Waals surface area contributed by atoms with Crippen molar-refractivity contribution in [2.45, 2.75) is 140 Å². The van der Waals surface area contributed by atoms with Crippen molar-refractivity contribution in [1.29, 1.82) is 0 Å². The number of carbonyl (C=O) groups is 9. The molecule has 23 heteroatoms. The van der Waals surface area contributed by atoms with Crippen molar-refractivity contribution in [2.75, 3.05) is 54.6 Å². The number of primary amides is 1. The molecule has 15 N–H and O–H groups in total. The van der Waals surface area contributed by atoms with Gasteiger partial charge in [0.25, 0.3) is 23.6 Å². The molecule has 0 spiro atoms. The zero-order valence-corrected chi connectivity index (χ0v) is 49.9. The van der Waals surface area contributed by atoms with Gasteiger partial charge in [-0.1, -0.05) is 30.7 Å². The number of aryl methyl sites for hydroxylation is 1. The number of nitrogens with one attached hydrogen (secondary N) is 4. The quantitative estimate of drug-likeness (QED) is 0.0222. The zero-order valence-electron chi connectivity index (χ0n) is 49.9. The maximum Gasteiger partial charge on any atom is 0.312 e. The fraction of sp³-hybridized carbons (Fsp3) is 0.476. The largest absolute Gasteiger partial charge is 0.496 e. The number of aliphatic carboxylic acids is 1. The number of Topliss-reactive ketones (excluding diaryl/α,β-unsaturated/α-hetero) is 3. The summed E-state index contributed by atoms with van der Waals surface area (Å²) in [5.74, 6) is -4.58. The molecule has 468 valence electrons. The first-order valence-corrected chi connectivity index (χ1v) is 29.1. The third kappa shape index (κ3) is 22.6. The minimum Gasteiger partial charge on any atom is -0.496 e. The van der Waals surface area contributed by atoms with Gasteiger partial charge in [-0.25, -0.2) is 0 Å². The average molecular weight is 1190 g/mol. The van der Waals surface area contributed by atoms with E-state index >= 15 is 0 Å². The average Bonchev–Trinajstić information content (AvgIpc) is 3.34. The van der Waals surface area contributed by atoms with Gasteiger partial charge >= 0.3 is 5.97 Å². The van der Waals surface area contributed by atoms with E-state index in [2.05, 4.69) is 21.3 Å². The van der Waals surface area contributed by atoms with Gasteiger partial charge in [0.2, 0.25) is 5.91 Å². The predicted octanol–water partition coefficient (Wildman–Crippen LogP) is 3.96. The van der Waals surface area contributed by atoms with Crippen LogP contribution < -0.4 is 68.9 Å². The van der Waals surface area contributed by atoms with Gasteiger partial charge in [-0.2, -0.15) is 0 Å². The molecule has 4 aromatic rings. The second-order valence-corrected chi connectivity index (χ2v) is 21.0. The van der Waals surface area contributed by atoms with Crippen LogP contribution in [0.1, 0.15) is 154 Å². The summed E-state index contributed by atoms with van der Waals surface area (Å²) < 4.78 is 22.0. The Kier molecular flexibility index (Phi) is 30.4. The number of ether oxygens (including phenoxy) is 4. The molecule has 0 aliphatic carbocycles. The highest BCUT2D eigenvalue weighted by Crippen LogP contribution is 2.27. The minimum atomic E-state index is -1.33. The molecular formula is C63H87N9O14. The molecule has 0 aliphatic heterocycles. The first kappa shape index (κ1) is 70.2. The van der Waals surface area contributed by atoms with Crippen molar-refractivity contribution in [2.24, 2.45) is 28.7 Å². The number of hydrogen-bond acceptors (Lipinski definition) is 17. The smallest absolute Gasteiger partial charge is 0.312 e. The number of unbranched alkanes of at least 4 members (excludes halogenated alkanes) is 4. The summed E-state index contributed by atoms with van der Waals surface area (Å²) in [7, 11) is 5.64. The molecule has 0 aliphatic rings. The first-order valence-electron chi connectivity index (χ1n) is 29.1. The lowest BCUT2D eigenvalue weighted by molar-refractivity contribution is -0.141. The van der Waals surface area contributed by atoms with Gasteiger partial charge in [-0.05, 0) is 180 Å². The topological polar surface area (TPSA) is 389 Å². The Hall–Kier alpha value is -8.25. The van der Waals surface area contributed by atoms with Crippen LogP contribution in [0, 0.1) is 0 Å². The number of amides is 5. The predicted molar refractivity (Wildman–Crippen MR) is 325 cm³/mol. The lowest BCUT2D eigenvalue weighted by Gasteiger charge is -2.21. The van der Waals surface area contributed by atoms with E-state index in [0.29, 0.717) is 113 Å². The Morgan fingerprint density at radius 2 is 0.744 bits per heavy atom. The molecule has 0 saturated heterocycles. The van der Waals surface area contributed by atoms with Crippen LogP contribution in [-0.2, 0) is 49.7 Å². The van der Waals surface area contributed by atoms with E-state index in [0.717, 1.165) is 5.56 Å². The van der Waals surface area contributed by atoms with Gasteiger partial charge in [-0.15, -0.1) is 0 Å². The molecule has 4 rings (SSSR count). The van der Waals surface area contributed by atoms with Gasteiger partial charge in [0, 0.05) is 25.3 Å². The molecular weight excluding hydrogens is 1110 g/mol. The van der Waals surface area contributed by atoms with Crippen LogP contribution in [0.4, 0.5) is 0 Å². The number of carbonyl (C=O) groups excluding carboxylic acids is 8. The Morgan fingerprint density at radius 1 is 0.419 bits per heavy atom. The van der Waals surface area contributed by atoms with Crippen molar-refractivity contribution in [3.8, 4) is 23.0 Å². The standard InChI is InChI=1S/C63H87N9O14/c1-83-54-24-19-40(32-44(54)60(68)79)35-52(74)49(15-7-11-29-66)72-63(82)47-34-42(21-26-57(47)86-4)37-53(75)50(16-8-12-30-67)71-62(81)45-31-39(18-23-55(45)84-2)17-22-43(13-5-9-27-64)69-61(80)46-33-41(20-25-56(46)85-3)36-51(73)48(14-6-10-28-65)70-58(76)38-59(77)78/h18-21,23-26,31-34,43,48-50H,5-17,22,27-30,35-38,64-67H2,1-4H3,(H2,68,79)(H,69,80)(H,70,76)(H,71,81)(H,72,82)(H,77,78)/t43-,48-,49-,50-/m0/s1. The fourth-order valence-electron chi connectivity index (χ4n) is 9.91. The summed E-state index contributed by atoms with van der Waals surface area (Å²) in [6.07, 6.45) is 5.64. The van der Waals surface area contributed by atoms with Crippen LogP contribution in [0.5, 0.6) is 23.0 Å². The number of carboxylic acids is 1. The van der Waals surface area contributed by atoms with Gasteiger partial charge in [0.15, 0.2) is 17.3 Å². The Labute approximate surface area is 502 Å². The molecule has 0 fully saturated rings. The second kappa shape index (κ2) is 37.2. The number of carboxylic acid groups (broad SMARTS) is 1. The van der Waals surface area contributed by atoms with Crippen molar-refractivity contribution >= 4 is 52.9 Å². The van der Waals surface area contributed by atoms with Crippen LogP contribution in [-0.4, -0.2) is 137 Å². The molecule has 0 aromatic heterocycles.